The van der Waals surface area contributed by atoms with Gasteiger partial charge in [-0.2, -0.15) is 26.4 Å². The van der Waals surface area contributed by atoms with Crippen LogP contribution in [0.2, 0.25) is 0 Å². The molecule has 0 bridgehead atoms. The molecule has 0 unspecified atom stereocenters. The highest BCUT2D eigenvalue weighted by Crippen LogP contribution is 2.48. The quantitative estimate of drug-likeness (QED) is 0.0160. The number of ether oxygens (including phenoxy) is 1. The Morgan fingerprint density at radius 3 is 2.17 bits per heavy atom. The second-order valence-electron chi connectivity index (χ2n) is 23.0. The van der Waals surface area contributed by atoms with Gasteiger partial charge in [-0.15, -0.1) is 0 Å². The number of nitrogen functional groups attached to an aromatic ring is 1. The Morgan fingerprint density at radius 1 is 0.786 bits per heavy atom. The zero-order valence-electron chi connectivity index (χ0n) is 47.9. The summed E-state index contributed by atoms with van der Waals surface area (Å²) in [6.45, 7) is 9.75. The number of carboxylic acids is 1. The maximum atomic E-state index is 13.5. The summed E-state index contributed by atoms with van der Waals surface area (Å²) < 4.78 is 74.7. The van der Waals surface area contributed by atoms with Gasteiger partial charge in [0.15, 0.2) is 5.71 Å². The first-order chi connectivity index (χ1) is 39.9. The van der Waals surface area contributed by atoms with Crippen molar-refractivity contribution in [3.05, 3.63) is 194 Å². The van der Waals surface area contributed by atoms with Crippen LogP contribution in [-0.4, -0.2) is 98.8 Å². The molecule has 8 N–H and O–H groups in total. The lowest BCUT2D eigenvalue weighted by molar-refractivity contribution is -0.438. The van der Waals surface area contributed by atoms with E-state index in [1.807, 2.05) is 36.4 Å². The number of nitrogens with one attached hydrogen (secondary N) is 3. The molecule has 3 aliphatic rings. The van der Waals surface area contributed by atoms with Crippen molar-refractivity contribution < 1.29 is 49.9 Å². The van der Waals surface area contributed by atoms with E-state index in [1.165, 1.54) is 0 Å². The Labute approximate surface area is 490 Å². The molecular weight excluding hydrogens is 1110 g/mol. The second-order valence-corrected chi connectivity index (χ2v) is 26.1. The van der Waals surface area contributed by atoms with E-state index in [2.05, 4.69) is 106 Å². The number of carboxylic acid groups (broad SMARTS) is 1. The predicted molar refractivity (Wildman–Crippen MR) is 327 cm³/mol. The number of hydrogen-bond donors (Lipinski definition) is 7. The number of H-pyrrole nitrogens is 2. The minimum absolute atomic E-state index is 0.0106. The van der Waals surface area contributed by atoms with E-state index < -0.39 is 49.0 Å². The van der Waals surface area contributed by atoms with E-state index in [1.54, 1.807) is 42.5 Å². The number of aryl methyl sites for hydroxylation is 2. The van der Waals surface area contributed by atoms with E-state index in [-0.39, 0.29) is 29.4 Å². The lowest BCUT2D eigenvalue weighted by Gasteiger charge is -2.27. The number of aromatic nitrogens is 3. The van der Waals surface area contributed by atoms with Crippen molar-refractivity contribution in [1.82, 2.24) is 20.3 Å². The van der Waals surface area contributed by atoms with Crippen LogP contribution in [0.3, 0.4) is 0 Å². The number of benzene rings is 4. The molecule has 1 atom stereocenters. The average molecular weight is 1180 g/mol. The number of anilines is 2. The number of nitrogens with two attached hydrogens (primary N) is 1. The minimum Gasteiger partial charge on any atom is -0.480 e. The third-order valence-corrected chi connectivity index (χ3v) is 17.8. The fourth-order valence-corrected chi connectivity index (χ4v) is 12.9. The Morgan fingerprint density at radius 2 is 1.45 bits per heavy atom. The summed E-state index contributed by atoms with van der Waals surface area (Å²) in [7, 11) is -8.22. The number of carbonyl (C=O) groups excluding carboxylic acids is 1. The zero-order valence-corrected chi connectivity index (χ0v) is 49.5. The maximum Gasteiger partial charge on any atom is 0.326 e. The normalized spacial score (nSPS) is 17.1. The number of hydrogen-bond acceptors (Lipinski definition) is 11. The van der Waals surface area contributed by atoms with Gasteiger partial charge in [0.25, 0.3) is 31.7 Å². The molecule has 0 fully saturated rings. The van der Waals surface area contributed by atoms with Gasteiger partial charge in [0.2, 0.25) is 11.6 Å². The molecule has 0 spiro atoms. The van der Waals surface area contributed by atoms with Crippen LogP contribution in [0.1, 0.15) is 124 Å². The number of nitrogens with zero attached hydrogens (tertiary/aromatic N) is 3. The van der Waals surface area contributed by atoms with Gasteiger partial charge >= 0.3 is 5.97 Å². The van der Waals surface area contributed by atoms with Crippen molar-refractivity contribution in [1.29, 1.82) is 0 Å². The van der Waals surface area contributed by atoms with Crippen LogP contribution in [0, 0.1) is 0 Å². The number of aliphatic carboxylic acids is 1. The van der Waals surface area contributed by atoms with Crippen LogP contribution in [0.5, 0.6) is 5.75 Å². The molecule has 2 aromatic heterocycles. The molecule has 0 saturated carbocycles. The van der Waals surface area contributed by atoms with Gasteiger partial charge < -0.3 is 30.8 Å². The van der Waals surface area contributed by atoms with Crippen LogP contribution < -0.4 is 26.2 Å². The number of unbranched alkanes of at least 4 members (excludes halogenated alkanes) is 3. The average Bonchev–Trinajstić information content (AvgIpc) is 3.33. The number of para-hydroxylation sites is 2. The predicted octanol–water partition coefficient (Wildman–Crippen LogP) is 10.2. The van der Waals surface area contributed by atoms with E-state index in [0.29, 0.717) is 91.7 Å². The summed E-state index contributed by atoms with van der Waals surface area (Å²) in [5.41, 5.74) is 16.2. The number of aromatic amines is 2. The van der Waals surface area contributed by atoms with Crippen molar-refractivity contribution in [3.63, 3.8) is 0 Å². The topological polar surface area (TPSA) is 278 Å². The first-order valence-corrected chi connectivity index (χ1v) is 31.8. The summed E-state index contributed by atoms with van der Waals surface area (Å²) in [4.78, 5) is 50.4. The Kier molecular flexibility index (Phi) is 18.4. The monoisotopic (exact) mass is 1180 g/mol. The molecule has 1 amide bonds. The molecule has 1 aliphatic carbocycles. The van der Waals surface area contributed by atoms with Gasteiger partial charge in [-0.25, -0.2) is 4.79 Å². The molecule has 4 heterocycles. The molecule has 6 aromatic rings. The lowest BCUT2D eigenvalue weighted by atomic mass is 9.81. The zero-order chi connectivity index (χ0) is 60.0. The summed E-state index contributed by atoms with van der Waals surface area (Å²) >= 11 is 0. The second kappa shape index (κ2) is 25.5. The molecule has 4 aromatic carbocycles. The fraction of sp³-hybridized carbons (Fsp3) is 0.359. The largest absolute Gasteiger partial charge is 0.480 e. The first kappa shape index (κ1) is 60.7. The number of amides is 1. The van der Waals surface area contributed by atoms with Crippen LogP contribution in [0.15, 0.2) is 155 Å². The molecule has 20 heteroatoms. The minimum atomic E-state index is -4.11. The molecule has 18 nitrogen and oxygen atoms in total. The Balaban J connectivity index is 0.947. The van der Waals surface area contributed by atoms with E-state index in [4.69, 9.17) is 10.5 Å². The van der Waals surface area contributed by atoms with Crippen molar-refractivity contribution >= 4 is 66.2 Å². The van der Waals surface area contributed by atoms with E-state index in [0.717, 1.165) is 82.0 Å². The van der Waals surface area contributed by atoms with Crippen LogP contribution in [0.25, 0.3) is 11.0 Å². The first-order valence-electron chi connectivity index (χ1n) is 28.6. The molecule has 9 rings (SSSR count). The number of rotatable bonds is 25. The van der Waals surface area contributed by atoms with Crippen LogP contribution in [-0.2, 0) is 55.1 Å². The molecule has 0 radical (unpaired) electrons. The van der Waals surface area contributed by atoms with E-state index >= 15 is 0 Å². The highest BCUT2D eigenvalue weighted by molar-refractivity contribution is 7.86. The number of carbonyl (C=O) groups is 2. The van der Waals surface area contributed by atoms with Crippen molar-refractivity contribution in [3.8, 4) is 5.75 Å². The molecular formula is C64H74N7O11S2+. The Hall–Kier alpha value is -7.91. The molecule has 0 saturated heterocycles. The summed E-state index contributed by atoms with van der Waals surface area (Å²) in [6, 6.07) is 31.2. The third-order valence-electron chi connectivity index (χ3n) is 16.2. The third kappa shape index (κ3) is 14.5. The van der Waals surface area contributed by atoms with Crippen molar-refractivity contribution in [2.24, 2.45) is 0 Å². The smallest absolute Gasteiger partial charge is 0.326 e. The summed E-state index contributed by atoms with van der Waals surface area (Å²) in [5.74, 6) is -1.09. The SMILES string of the molecule is CC1(C)C(/C=C/C2=C(Oc3ccc(C[C@H](NC(=O)c4ccc(CCCCc5cc6c(=O)[nH]c(N)nc6[nH]5)cc4)C(=O)O)cc3)C(=C/C=C3/N(CCCCS(=O)(=O)O)c4ccccc4C3(C)C)/CCC2)=[N+](CCCCS(=O)(=O)O)c2ccccc21. The lowest BCUT2D eigenvalue weighted by Crippen LogP contribution is -2.42. The van der Waals surface area contributed by atoms with Crippen molar-refractivity contribution in [2.45, 2.75) is 122 Å². The number of fused-ring (bicyclic) bond motifs is 3. The highest BCUT2D eigenvalue weighted by Gasteiger charge is 2.44. The van der Waals surface area contributed by atoms with Crippen LogP contribution in [0.4, 0.5) is 17.3 Å². The van der Waals surface area contributed by atoms with Gasteiger partial charge in [0.05, 0.1) is 22.3 Å². The van der Waals surface area contributed by atoms with Crippen LogP contribution >= 0.6 is 0 Å². The van der Waals surface area contributed by atoms with Crippen molar-refractivity contribution in [2.75, 3.05) is 35.2 Å². The van der Waals surface area contributed by atoms with Gasteiger partial charge in [-0.3, -0.25) is 23.7 Å². The standard InChI is InChI=1S/C64H73N7O11S2/c1-63(2)50-20-7-9-22-53(50)70(36-11-13-38-83(76,77)78)55(63)34-30-44-17-15-18-45(31-35-56-64(3,4)51-21-8-10-23-54(51)71(56)37-12-14-39-84(79,80)81)57(44)82-48-32-26-43(27-33-48)40-52(61(74)75)67-59(72)46-28-24-42(25-29-46)16-5-6-19-47-41-49-58(66-47)68-62(65)69-60(49)73/h7-10,20-35,41,52H,5-6,11-19,36-40H2,1-4H3,(H7-,65,66,67,68,69,72,73,74,75,76,77,78,79,80,81)/p+1/t52-/m0/s1. The van der Waals surface area contributed by atoms with Gasteiger partial charge in [-0.05, 0) is 154 Å². The fourth-order valence-electron chi connectivity index (χ4n) is 11.8. The molecule has 84 heavy (non-hydrogen) atoms. The number of allylic oxidation sites excluding steroid dienone is 7. The summed E-state index contributed by atoms with van der Waals surface area (Å²) in [5, 5.41) is 13.5. The summed E-state index contributed by atoms with van der Waals surface area (Å²) in [6.07, 6.45) is 15.5. The van der Waals surface area contributed by atoms with E-state index in [9.17, 15) is 45.4 Å². The maximum absolute atomic E-state index is 13.5. The molecule has 442 valence electrons. The van der Waals surface area contributed by atoms with Gasteiger partial charge in [0, 0.05) is 65.1 Å². The molecule has 2 aliphatic heterocycles. The van der Waals surface area contributed by atoms with Gasteiger partial charge in [-0.1, -0.05) is 80.6 Å². The Bertz CT molecular complexity index is 3910. The van der Waals surface area contributed by atoms with Gasteiger partial charge in [0.1, 0.15) is 29.7 Å². The highest BCUT2D eigenvalue weighted by atomic mass is 32.2.